The smallest absolute Gasteiger partial charge is 0.203 e. The van der Waals surface area contributed by atoms with E-state index < -0.39 is 7.92 Å². The van der Waals surface area contributed by atoms with Crippen molar-refractivity contribution in [3.05, 3.63) is 42.5 Å². The summed E-state index contributed by atoms with van der Waals surface area (Å²) in [5.41, 5.74) is 1.10. The second kappa shape index (κ2) is 16.3. The van der Waals surface area contributed by atoms with Crippen LogP contribution in [0.3, 0.4) is 0 Å². The van der Waals surface area contributed by atoms with E-state index in [4.69, 9.17) is 56.8 Å². The van der Waals surface area contributed by atoms with Crippen molar-refractivity contribution in [3.63, 3.8) is 0 Å². The van der Waals surface area contributed by atoms with E-state index in [0.717, 1.165) is 15.9 Å². The Hall–Kier alpha value is -5.09. The van der Waals surface area contributed by atoms with Gasteiger partial charge in [-0.25, -0.2) is 0 Å². The maximum atomic E-state index is 6.13. The predicted molar refractivity (Wildman–Crippen MR) is 188 cm³/mol. The van der Waals surface area contributed by atoms with Gasteiger partial charge in [0.15, 0.2) is 46.0 Å². The van der Waals surface area contributed by atoms with E-state index in [9.17, 15) is 0 Å². The number of methoxy groups -OCH3 is 12. The molecule has 49 heavy (non-hydrogen) atoms. The van der Waals surface area contributed by atoms with E-state index in [-0.39, 0.29) is 0 Å². The lowest BCUT2D eigenvalue weighted by atomic mass is 10.0. The molecule has 0 heterocycles. The average Bonchev–Trinajstić information content (AvgIpc) is 3.15. The third-order valence-corrected chi connectivity index (χ3v) is 10.1. The van der Waals surface area contributed by atoms with Gasteiger partial charge in [0, 0.05) is 16.4 Å². The highest BCUT2D eigenvalue weighted by molar-refractivity contribution is 7.80. The van der Waals surface area contributed by atoms with Crippen LogP contribution in [0, 0.1) is 6.07 Å². The van der Waals surface area contributed by atoms with Crippen LogP contribution < -0.4 is 72.8 Å². The van der Waals surface area contributed by atoms with Gasteiger partial charge in [-0.15, -0.1) is 0 Å². The fourth-order valence-corrected chi connectivity index (χ4v) is 8.12. The van der Waals surface area contributed by atoms with E-state index in [0.29, 0.717) is 80.1 Å². The Morgan fingerprint density at radius 2 is 0.714 bits per heavy atom. The molecule has 0 aliphatic heterocycles. The third-order valence-electron chi connectivity index (χ3n) is 7.75. The molecule has 0 saturated heterocycles. The van der Waals surface area contributed by atoms with Gasteiger partial charge in [0.25, 0.3) is 0 Å². The highest BCUT2D eigenvalue weighted by atomic mass is 31.1. The van der Waals surface area contributed by atoms with Crippen LogP contribution >= 0.6 is 7.92 Å². The summed E-state index contributed by atoms with van der Waals surface area (Å²) in [7, 11) is 17.0. The Morgan fingerprint density at radius 3 is 1.06 bits per heavy atom. The first-order valence-corrected chi connectivity index (χ1v) is 16.1. The Kier molecular flexibility index (Phi) is 12.3. The van der Waals surface area contributed by atoms with Crippen molar-refractivity contribution in [1.29, 1.82) is 0 Å². The van der Waals surface area contributed by atoms with Crippen LogP contribution in [0.15, 0.2) is 36.4 Å². The zero-order chi connectivity index (χ0) is 35.8. The first-order chi connectivity index (χ1) is 23.8. The molecule has 0 aliphatic carbocycles. The number of ether oxygens (including phenoxy) is 12. The van der Waals surface area contributed by atoms with Crippen LogP contribution in [0.2, 0.25) is 0 Å². The van der Waals surface area contributed by atoms with Gasteiger partial charge in [0.2, 0.25) is 23.0 Å². The fraction of sp³-hybridized carbons (Fsp3) is 0.333. The van der Waals surface area contributed by atoms with Crippen LogP contribution in [0.4, 0.5) is 0 Å². The molecule has 4 aromatic carbocycles. The molecule has 0 aromatic heterocycles. The standard InChI is InChI=1S/C36H42O12P/c1-37-23-14-13-22(31(43-7)34(23)46-10)30-29(19-28(42-6)35(47-11)36(30)48-12)49(20-15-24(38-2)32(44-8)25(16-20)39-3)21-17-26(40-4)33(45-9)27(18-21)41-5/h14-19H,1-12H3. The van der Waals surface area contributed by atoms with Gasteiger partial charge >= 0.3 is 0 Å². The van der Waals surface area contributed by atoms with Gasteiger partial charge in [-0.1, -0.05) is 0 Å². The normalized spacial score (nSPS) is 10.6. The zero-order valence-electron chi connectivity index (χ0n) is 29.8. The summed E-state index contributed by atoms with van der Waals surface area (Å²) in [5, 5.41) is 2.34. The molecule has 0 bridgehead atoms. The minimum atomic E-state index is -1.61. The van der Waals surface area contributed by atoms with Crippen LogP contribution in [-0.4, -0.2) is 85.3 Å². The summed E-state index contributed by atoms with van der Waals surface area (Å²) in [6.07, 6.45) is 0. The Morgan fingerprint density at radius 1 is 0.367 bits per heavy atom. The molecule has 4 rings (SSSR count). The Balaban J connectivity index is 2.32. The molecule has 13 heteroatoms. The molecular weight excluding hydrogens is 655 g/mol. The van der Waals surface area contributed by atoms with Crippen molar-refractivity contribution in [2.45, 2.75) is 0 Å². The van der Waals surface area contributed by atoms with Gasteiger partial charge in [0.05, 0.1) is 85.3 Å². The van der Waals surface area contributed by atoms with Gasteiger partial charge in [-0.2, -0.15) is 0 Å². The summed E-state index contributed by atoms with van der Waals surface area (Å²) in [6.45, 7) is 0. The third kappa shape index (κ3) is 6.65. The van der Waals surface area contributed by atoms with E-state index in [1.807, 2.05) is 30.3 Å². The first-order valence-electron chi connectivity index (χ1n) is 14.7. The molecule has 0 fully saturated rings. The van der Waals surface area contributed by atoms with Crippen molar-refractivity contribution >= 4 is 23.8 Å². The second-order valence-corrected chi connectivity index (χ2v) is 12.1. The lowest BCUT2D eigenvalue weighted by Crippen LogP contribution is -2.24. The maximum Gasteiger partial charge on any atom is 0.203 e. The van der Waals surface area contributed by atoms with Crippen LogP contribution in [0.25, 0.3) is 11.1 Å². The molecule has 0 N–H and O–H groups in total. The molecule has 0 aliphatic rings. The van der Waals surface area contributed by atoms with Crippen LogP contribution in [0.5, 0.6) is 69.0 Å². The summed E-state index contributed by atoms with van der Waals surface area (Å²) in [5.74, 6) is 5.02. The van der Waals surface area contributed by atoms with Crippen molar-refractivity contribution in [2.75, 3.05) is 85.3 Å². The quantitative estimate of drug-likeness (QED) is 0.147. The summed E-state index contributed by atoms with van der Waals surface area (Å²) >= 11 is 0. The first kappa shape index (κ1) is 36.7. The topological polar surface area (TPSA) is 111 Å². The predicted octanol–water partition coefficient (Wildman–Crippen LogP) is 5.02. The number of benzene rings is 4. The van der Waals surface area contributed by atoms with Gasteiger partial charge in [0.1, 0.15) is 0 Å². The van der Waals surface area contributed by atoms with Gasteiger partial charge in [-0.3, -0.25) is 0 Å². The zero-order valence-corrected chi connectivity index (χ0v) is 30.7. The molecule has 0 atom stereocenters. The van der Waals surface area contributed by atoms with E-state index in [1.54, 1.807) is 84.3 Å². The molecular formula is C36H42O12P. The second-order valence-electron chi connectivity index (χ2n) is 9.94. The van der Waals surface area contributed by atoms with Crippen molar-refractivity contribution in [1.82, 2.24) is 0 Å². The minimum absolute atomic E-state index is 0.360. The highest BCUT2D eigenvalue weighted by Crippen LogP contribution is 2.54. The fourth-order valence-electron chi connectivity index (χ4n) is 5.60. The van der Waals surface area contributed by atoms with Crippen molar-refractivity contribution < 1.29 is 56.8 Å². The van der Waals surface area contributed by atoms with E-state index in [2.05, 4.69) is 6.07 Å². The molecule has 1 radical (unpaired) electrons. The summed E-state index contributed by atoms with van der Waals surface area (Å²) in [6, 6.07) is 14.5. The number of rotatable bonds is 16. The van der Waals surface area contributed by atoms with Crippen molar-refractivity contribution in [3.8, 4) is 80.1 Å². The lowest BCUT2D eigenvalue weighted by Gasteiger charge is -2.28. The van der Waals surface area contributed by atoms with Crippen LogP contribution in [0.1, 0.15) is 0 Å². The molecule has 0 spiro atoms. The molecule has 0 unspecified atom stereocenters. The Labute approximate surface area is 288 Å². The van der Waals surface area contributed by atoms with Gasteiger partial charge in [-0.05, 0) is 61.0 Å². The van der Waals surface area contributed by atoms with E-state index in [1.165, 1.54) is 7.11 Å². The molecule has 12 nitrogen and oxygen atoms in total. The summed E-state index contributed by atoms with van der Waals surface area (Å²) in [4.78, 5) is 0. The van der Waals surface area contributed by atoms with Crippen LogP contribution in [-0.2, 0) is 0 Å². The number of hydrogen-bond acceptors (Lipinski definition) is 12. The monoisotopic (exact) mass is 697 g/mol. The van der Waals surface area contributed by atoms with Gasteiger partial charge < -0.3 is 56.8 Å². The molecule has 263 valence electrons. The van der Waals surface area contributed by atoms with E-state index >= 15 is 0 Å². The average molecular weight is 698 g/mol. The lowest BCUT2D eigenvalue weighted by molar-refractivity contribution is 0.322. The number of hydrogen-bond donors (Lipinski definition) is 0. The molecule has 4 aromatic rings. The molecule has 0 amide bonds. The van der Waals surface area contributed by atoms with Crippen molar-refractivity contribution in [2.24, 2.45) is 0 Å². The minimum Gasteiger partial charge on any atom is -0.493 e. The Bertz CT molecular complexity index is 1660. The maximum absolute atomic E-state index is 6.13. The summed E-state index contributed by atoms with van der Waals surface area (Å²) < 4.78 is 69.9. The largest absolute Gasteiger partial charge is 0.493 e. The molecule has 0 saturated carbocycles. The highest BCUT2D eigenvalue weighted by Gasteiger charge is 2.33. The SMILES string of the molecule is COc1cc(P(c2cc(OC)c(OC)c(OC)c2)c2cc(OC)c(OC)c(OC)c2-c2[c]cc(OC)c(OC)c2OC)cc(OC)c1OC.